The summed E-state index contributed by atoms with van der Waals surface area (Å²) in [6.45, 7) is 12.7. The number of rotatable bonds is 5. The van der Waals surface area contributed by atoms with E-state index in [2.05, 4.69) is 10.3 Å². The molecule has 1 aromatic heterocycles. The van der Waals surface area contributed by atoms with Crippen LogP contribution >= 0.6 is 0 Å². The van der Waals surface area contributed by atoms with Crippen molar-refractivity contribution in [2.24, 2.45) is 0 Å². The van der Waals surface area contributed by atoms with Crippen LogP contribution in [0.2, 0.25) is 0 Å². The summed E-state index contributed by atoms with van der Waals surface area (Å²) >= 11 is 0. The molecule has 0 aliphatic carbocycles. The number of alkyl carbamates (subject to hydrolysis) is 1. The number of hydrogen-bond acceptors (Lipinski definition) is 4. The third-order valence-corrected chi connectivity index (χ3v) is 3.52. The van der Waals surface area contributed by atoms with Gasteiger partial charge in [0.25, 0.3) is 0 Å². The highest BCUT2D eigenvalue weighted by molar-refractivity contribution is 5.91. The van der Waals surface area contributed by atoms with Crippen LogP contribution < -0.4 is 5.32 Å². The number of pyridine rings is 1. The van der Waals surface area contributed by atoms with Gasteiger partial charge in [0, 0.05) is 24.2 Å². The van der Waals surface area contributed by atoms with Gasteiger partial charge in [-0.2, -0.15) is 0 Å². The average Bonchev–Trinajstić information content (AvgIpc) is 2.35. The molecule has 23 heavy (non-hydrogen) atoms. The highest BCUT2D eigenvalue weighted by atomic mass is 16.6. The third kappa shape index (κ3) is 6.00. The molecule has 5 nitrogen and oxygen atoms in total. The highest BCUT2D eigenvalue weighted by Gasteiger charge is 2.32. The third-order valence-electron chi connectivity index (χ3n) is 3.52. The number of ether oxygens (including phenoxy) is 1. The highest BCUT2D eigenvalue weighted by Crippen LogP contribution is 2.23. The Kier molecular flexibility index (Phi) is 5.92. The molecule has 0 radical (unpaired) electrons. The number of carbonyl (C=O) groups is 2. The van der Waals surface area contributed by atoms with E-state index in [9.17, 15) is 9.59 Å². The van der Waals surface area contributed by atoms with Crippen molar-refractivity contribution >= 4 is 11.9 Å². The van der Waals surface area contributed by atoms with Crippen molar-refractivity contribution < 1.29 is 14.3 Å². The summed E-state index contributed by atoms with van der Waals surface area (Å²) in [5.41, 5.74) is 0.389. The minimum atomic E-state index is -0.987. The summed E-state index contributed by atoms with van der Waals surface area (Å²) in [7, 11) is 0. The molecule has 0 aromatic carbocycles. The summed E-state index contributed by atoms with van der Waals surface area (Å²) in [6, 6.07) is 3.86. The van der Waals surface area contributed by atoms with Crippen LogP contribution in [0.25, 0.3) is 0 Å². The fraction of sp³-hybridized carbons (Fsp3) is 0.611. The van der Waals surface area contributed by atoms with E-state index in [0.717, 1.165) is 11.3 Å². The van der Waals surface area contributed by atoms with Gasteiger partial charge >= 0.3 is 6.09 Å². The second-order valence-corrected chi connectivity index (χ2v) is 7.49. The second-order valence-electron chi connectivity index (χ2n) is 7.49. The molecule has 1 N–H and O–H groups in total. The van der Waals surface area contributed by atoms with Gasteiger partial charge < -0.3 is 10.1 Å². The number of aryl methyl sites for hydroxylation is 1. The van der Waals surface area contributed by atoms with E-state index < -0.39 is 17.2 Å². The van der Waals surface area contributed by atoms with Crippen molar-refractivity contribution in [1.82, 2.24) is 10.3 Å². The van der Waals surface area contributed by atoms with Gasteiger partial charge in [-0.05, 0) is 53.2 Å². The lowest BCUT2D eigenvalue weighted by Gasteiger charge is -2.28. The van der Waals surface area contributed by atoms with Gasteiger partial charge in [-0.15, -0.1) is 0 Å². The van der Waals surface area contributed by atoms with Gasteiger partial charge in [0.05, 0.1) is 5.54 Å². The number of hydrogen-bond donors (Lipinski definition) is 1. The SMILES string of the molecule is Cc1cccnc1C(C)CC(=O)C(C)(C)NC(=O)OC(C)(C)C. The molecule has 1 aromatic rings. The maximum atomic E-state index is 12.6. The molecule has 5 heteroatoms. The van der Waals surface area contributed by atoms with Crippen molar-refractivity contribution in [1.29, 1.82) is 0 Å². The van der Waals surface area contributed by atoms with Crippen LogP contribution in [-0.4, -0.2) is 28.0 Å². The molecule has 0 aliphatic rings. The number of amides is 1. The van der Waals surface area contributed by atoms with Crippen LogP contribution in [0.4, 0.5) is 4.79 Å². The summed E-state index contributed by atoms with van der Waals surface area (Å²) < 4.78 is 5.22. The standard InChI is InChI=1S/C18H28N2O3/c1-12-9-8-10-19-15(12)13(2)11-14(21)18(6,7)20-16(22)23-17(3,4)5/h8-10,13H,11H2,1-7H3,(H,20,22). The van der Waals surface area contributed by atoms with Crippen molar-refractivity contribution in [3.8, 4) is 0 Å². The van der Waals surface area contributed by atoms with Crippen molar-refractivity contribution in [3.05, 3.63) is 29.6 Å². The van der Waals surface area contributed by atoms with Gasteiger partial charge in [-0.1, -0.05) is 13.0 Å². The molecule has 0 fully saturated rings. The lowest BCUT2D eigenvalue weighted by Crippen LogP contribution is -2.51. The van der Waals surface area contributed by atoms with Crippen LogP contribution in [0.5, 0.6) is 0 Å². The molecular formula is C18H28N2O3. The van der Waals surface area contributed by atoms with E-state index in [-0.39, 0.29) is 11.7 Å². The van der Waals surface area contributed by atoms with E-state index >= 15 is 0 Å². The lowest BCUT2D eigenvalue weighted by molar-refractivity contribution is -0.124. The first-order valence-corrected chi connectivity index (χ1v) is 7.88. The monoisotopic (exact) mass is 320 g/mol. The van der Waals surface area contributed by atoms with Gasteiger partial charge in [0.15, 0.2) is 5.78 Å². The van der Waals surface area contributed by atoms with E-state index in [1.54, 1.807) is 40.8 Å². The van der Waals surface area contributed by atoms with Crippen LogP contribution in [-0.2, 0) is 9.53 Å². The van der Waals surface area contributed by atoms with Crippen molar-refractivity contribution in [3.63, 3.8) is 0 Å². The van der Waals surface area contributed by atoms with Crippen LogP contribution in [0.15, 0.2) is 18.3 Å². The fourth-order valence-electron chi connectivity index (χ4n) is 2.27. The molecular weight excluding hydrogens is 292 g/mol. The second kappa shape index (κ2) is 7.11. The molecule has 0 saturated carbocycles. The summed E-state index contributed by atoms with van der Waals surface area (Å²) in [5, 5.41) is 2.65. The Morgan fingerprint density at radius 3 is 2.39 bits per heavy atom. The maximum absolute atomic E-state index is 12.6. The Labute approximate surface area is 138 Å². The number of nitrogens with zero attached hydrogens (tertiary/aromatic N) is 1. The topological polar surface area (TPSA) is 68.3 Å². The van der Waals surface area contributed by atoms with E-state index in [0.29, 0.717) is 6.42 Å². The Bertz CT molecular complexity index is 574. The Hall–Kier alpha value is -1.91. The predicted molar refractivity (Wildman–Crippen MR) is 90.5 cm³/mol. The molecule has 128 valence electrons. The number of ketones is 1. The molecule has 0 saturated heterocycles. The quantitative estimate of drug-likeness (QED) is 0.897. The molecule has 1 rings (SSSR count). The lowest BCUT2D eigenvalue weighted by atomic mass is 9.89. The molecule has 0 bridgehead atoms. The normalized spacial score (nSPS) is 13.3. The first-order chi connectivity index (χ1) is 10.4. The van der Waals surface area contributed by atoms with Crippen molar-refractivity contribution in [2.75, 3.05) is 0 Å². The van der Waals surface area contributed by atoms with Crippen molar-refractivity contribution in [2.45, 2.75) is 71.9 Å². The number of nitrogens with one attached hydrogen (secondary N) is 1. The Balaban J connectivity index is 2.72. The zero-order chi connectivity index (χ0) is 17.8. The van der Waals surface area contributed by atoms with Crippen LogP contribution in [0.3, 0.4) is 0 Å². The molecule has 1 heterocycles. The molecule has 1 amide bonds. The Morgan fingerprint density at radius 2 is 1.87 bits per heavy atom. The van der Waals surface area contributed by atoms with E-state index in [4.69, 9.17) is 4.74 Å². The zero-order valence-electron chi connectivity index (χ0n) is 15.2. The summed E-state index contributed by atoms with van der Waals surface area (Å²) in [4.78, 5) is 28.8. The van der Waals surface area contributed by atoms with Crippen LogP contribution in [0, 0.1) is 6.92 Å². The van der Waals surface area contributed by atoms with Gasteiger partial charge in [0.2, 0.25) is 0 Å². The van der Waals surface area contributed by atoms with Crippen LogP contribution in [0.1, 0.15) is 65.1 Å². The van der Waals surface area contributed by atoms with Gasteiger partial charge in [0.1, 0.15) is 5.60 Å². The molecule has 0 aliphatic heterocycles. The number of Topliss-reactive ketones (excluding diaryl/α,β-unsaturated/α-hetero) is 1. The minimum Gasteiger partial charge on any atom is -0.444 e. The Morgan fingerprint density at radius 1 is 1.26 bits per heavy atom. The largest absolute Gasteiger partial charge is 0.444 e. The zero-order valence-corrected chi connectivity index (χ0v) is 15.2. The first-order valence-electron chi connectivity index (χ1n) is 7.88. The predicted octanol–water partition coefficient (Wildman–Crippen LogP) is 3.76. The van der Waals surface area contributed by atoms with E-state index in [1.165, 1.54) is 0 Å². The van der Waals surface area contributed by atoms with E-state index in [1.807, 2.05) is 26.0 Å². The summed E-state index contributed by atoms with van der Waals surface area (Å²) in [6.07, 6.45) is 1.45. The first kappa shape index (κ1) is 19.1. The number of carbonyl (C=O) groups excluding carboxylic acids is 2. The smallest absolute Gasteiger partial charge is 0.408 e. The fourth-order valence-corrected chi connectivity index (χ4v) is 2.27. The van der Waals surface area contributed by atoms with Gasteiger partial charge in [-0.25, -0.2) is 4.79 Å². The summed E-state index contributed by atoms with van der Waals surface area (Å²) in [5.74, 6) is -0.0654. The molecule has 1 atom stereocenters. The van der Waals surface area contributed by atoms with Gasteiger partial charge in [-0.3, -0.25) is 9.78 Å². The average molecular weight is 320 g/mol. The molecule has 0 spiro atoms. The molecule has 1 unspecified atom stereocenters. The minimum absolute atomic E-state index is 0.0107. The number of aromatic nitrogens is 1. The maximum Gasteiger partial charge on any atom is 0.408 e.